The summed E-state index contributed by atoms with van der Waals surface area (Å²) in [4.78, 5) is 3.31. The molecule has 3 heteroatoms. The first kappa shape index (κ1) is 11.8. The normalized spacial score (nSPS) is 11.9. The summed E-state index contributed by atoms with van der Waals surface area (Å²) in [5.41, 5.74) is 0. The van der Waals surface area contributed by atoms with Gasteiger partial charge in [0.2, 0.25) is 0 Å². The molecule has 0 amide bonds. The number of aliphatic hydroxyl groups excluding tert-OH is 1. The molecule has 0 aliphatic rings. The molecule has 0 spiro atoms. The fourth-order valence-electron chi connectivity index (χ4n) is 0.319. The number of hydrogen-bond donors (Lipinski definition) is 1. The van der Waals surface area contributed by atoms with E-state index in [0.717, 1.165) is 0 Å². The minimum atomic E-state index is -0.375. The van der Waals surface area contributed by atoms with Gasteiger partial charge >= 0.3 is 0 Å². The van der Waals surface area contributed by atoms with Gasteiger partial charge in [-0.15, -0.1) is 0 Å². The van der Waals surface area contributed by atoms with Crippen LogP contribution in [0.5, 0.6) is 0 Å². The molecule has 0 saturated carbocycles. The topological polar surface area (TPSA) is 24.6 Å². The maximum Gasteiger partial charge on any atom is 0.288 e. The zero-order valence-electron chi connectivity index (χ0n) is 5.78. The molecule has 0 heterocycles. The molecule has 0 saturated heterocycles. The van der Waals surface area contributed by atoms with Crippen LogP contribution in [0.2, 0.25) is 0 Å². The van der Waals surface area contributed by atoms with Crippen LogP contribution < -0.4 is 0 Å². The van der Waals surface area contributed by atoms with Crippen LogP contribution in [0.3, 0.4) is 0 Å². The molecule has 0 fully saturated rings. The Hall–Kier alpha value is 0.0344. The molecule has 0 rings (SSSR count). The molecule has 9 heavy (non-hydrogen) atoms. The molecular formula is C6H12NOV+. The van der Waals surface area contributed by atoms with Crippen molar-refractivity contribution in [2.75, 3.05) is 6.54 Å². The summed E-state index contributed by atoms with van der Waals surface area (Å²) >= 11 is 0. The molecule has 0 aromatic rings. The molecular weight excluding hydrogens is 153 g/mol. The van der Waals surface area contributed by atoms with Gasteiger partial charge in [0.1, 0.15) is 6.10 Å². The van der Waals surface area contributed by atoms with E-state index in [0.29, 0.717) is 6.54 Å². The number of aliphatic hydroxyl groups is 1. The van der Waals surface area contributed by atoms with Crippen molar-refractivity contribution >= 4 is 0 Å². The Morgan fingerprint density at radius 3 is 2.11 bits per heavy atom. The Bertz CT molecular complexity index is 97.7. The predicted molar refractivity (Wildman–Crippen MR) is 34.0 cm³/mol. The van der Waals surface area contributed by atoms with Crippen molar-refractivity contribution < 1.29 is 23.7 Å². The number of nitrogens with zero attached hydrogens (tertiary/aromatic N) is 1. The average molecular weight is 165 g/mol. The van der Waals surface area contributed by atoms with Gasteiger partial charge in [-0.3, -0.25) is 0 Å². The van der Waals surface area contributed by atoms with E-state index in [-0.39, 0.29) is 30.6 Å². The summed E-state index contributed by atoms with van der Waals surface area (Å²) < 4.78 is 0. The maximum absolute atomic E-state index is 8.95. The second-order valence-corrected chi connectivity index (χ2v) is 2.18. The Morgan fingerprint density at radius 2 is 2.00 bits per heavy atom. The van der Waals surface area contributed by atoms with Gasteiger partial charge in [-0.2, -0.15) is 0 Å². The second-order valence-electron chi connectivity index (χ2n) is 2.18. The number of hydrogen-bond acceptors (Lipinski definition) is 1. The van der Waals surface area contributed by atoms with Crippen molar-refractivity contribution in [3.05, 3.63) is 4.85 Å². The smallest absolute Gasteiger partial charge is 0.288 e. The van der Waals surface area contributed by atoms with Crippen molar-refractivity contribution in [2.24, 2.45) is 5.92 Å². The van der Waals surface area contributed by atoms with Gasteiger partial charge < -0.3 is 5.11 Å². The monoisotopic (exact) mass is 165 g/mol. The molecule has 51 valence electrons. The van der Waals surface area contributed by atoms with Crippen LogP contribution in [-0.2, 0) is 18.6 Å². The summed E-state index contributed by atoms with van der Waals surface area (Å²) in [6.45, 7) is 9.03. The van der Waals surface area contributed by atoms with E-state index in [9.17, 15) is 0 Å². The van der Waals surface area contributed by atoms with E-state index in [2.05, 4.69) is 4.85 Å². The Balaban J connectivity index is 0. The van der Waals surface area contributed by atoms with E-state index < -0.39 is 0 Å². The van der Waals surface area contributed by atoms with E-state index in [1.807, 2.05) is 13.8 Å². The SMILES string of the molecule is C#[N+]CC(O)C(C)C.[V]. The van der Waals surface area contributed by atoms with Crippen LogP contribution in [0, 0.1) is 12.5 Å². The van der Waals surface area contributed by atoms with Crippen LogP contribution in [0.4, 0.5) is 0 Å². The molecule has 1 radical (unpaired) electrons. The van der Waals surface area contributed by atoms with E-state index in [1.54, 1.807) is 0 Å². The zero-order chi connectivity index (χ0) is 6.57. The molecule has 0 bridgehead atoms. The molecule has 0 aromatic heterocycles. The first-order valence-electron chi connectivity index (χ1n) is 2.73. The molecule has 2 nitrogen and oxygen atoms in total. The average Bonchev–Trinajstić information content (AvgIpc) is 1.67. The van der Waals surface area contributed by atoms with Gasteiger partial charge in [-0.25, -0.2) is 0 Å². The summed E-state index contributed by atoms with van der Waals surface area (Å²) in [5.74, 6) is 0.252. The third-order valence-corrected chi connectivity index (χ3v) is 1.06. The Labute approximate surface area is 68.0 Å². The molecule has 1 atom stereocenters. The first-order valence-corrected chi connectivity index (χ1v) is 2.73. The minimum absolute atomic E-state index is 0. The molecule has 0 aromatic carbocycles. The van der Waals surface area contributed by atoms with Gasteiger partial charge in [0.05, 0.1) is 0 Å². The number of rotatable bonds is 2. The van der Waals surface area contributed by atoms with Crippen LogP contribution >= 0.6 is 0 Å². The second kappa shape index (κ2) is 6.16. The van der Waals surface area contributed by atoms with Crippen molar-refractivity contribution in [1.29, 1.82) is 0 Å². The zero-order valence-corrected chi connectivity index (χ0v) is 7.18. The third-order valence-electron chi connectivity index (χ3n) is 1.06. The van der Waals surface area contributed by atoms with E-state index in [4.69, 9.17) is 11.7 Å². The predicted octanol–water partition coefficient (Wildman–Crippen LogP) is 0.964. The third kappa shape index (κ3) is 5.91. The van der Waals surface area contributed by atoms with Crippen molar-refractivity contribution in [3.63, 3.8) is 0 Å². The summed E-state index contributed by atoms with van der Waals surface area (Å²) in [5, 5.41) is 8.95. The Morgan fingerprint density at radius 1 is 1.56 bits per heavy atom. The van der Waals surface area contributed by atoms with Crippen LogP contribution in [-0.4, -0.2) is 17.8 Å². The standard InChI is InChI=1S/C6H12NO.V/c1-5(2)6(8)4-7-3;/h3,5-6,8H,4H2,1-2H3;/q+1;. The first-order chi connectivity index (χ1) is 3.68. The fraction of sp³-hybridized carbons (Fsp3) is 0.833. The fourth-order valence-corrected chi connectivity index (χ4v) is 0.319. The summed E-state index contributed by atoms with van der Waals surface area (Å²) in [6.07, 6.45) is -0.375. The Kier molecular flexibility index (Phi) is 8.07. The van der Waals surface area contributed by atoms with Gasteiger partial charge in [0.15, 0.2) is 0 Å². The summed E-state index contributed by atoms with van der Waals surface area (Å²) in [6, 6.07) is 0. The molecule has 0 aliphatic carbocycles. The van der Waals surface area contributed by atoms with Crippen LogP contribution in [0.25, 0.3) is 4.85 Å². The molecule has 0 aliphatic heterocycles. The summed E-state index contributed by atoms with van der Waals surface area (Å²) in [7, 11) is 0. The van der Waals surface area contributed by atoms with Gasteiger partial charge in [0, 0.05) is 18.6 Å². The van der Waals surface area contributed by atoms with E-state index >= 15 is 0 Å². The largest absolute Gasteiger partial charge is 0.385 e. The molecule has 1 unspecified atom stereocenters. The molecule has 1 N–H and O–H groups in total. The van der Waals surface area contributed by atoms with Gasteiger partial charge in [0.25, 0.3) is 13.1 Å². The van der Waals surface area contributed by atoms with Crippen LogP contribution in [0.1, 0.15) is 13.8 Å². The maximum atomic E-state index is 8.95. The van der Waals surface area contributed by atoms with Crippen molar-refractivity contribution in [2.45, 2.75) is 20.0 Å². The quantitative estimate of drug-likeness (QED) is 0.647. The van der Waals surface area contributed by atoms with Crippen LogP contribution in [0.15, 0.2) is 0 Å². The van der Waals surface area contributed by atoms with Crippen molar-refractivity contribution in [3.8, 4) is 6.57 Å². The van der Waals surface area contributed by atoms with E-state index in [1.165, 1.54) is 0 Å². The minimum Gasteiger partial charge on any atom is -0.385 e. The van der Waals surface area contributed by atoms with Gasteiger partial charge in [-0.1, -0.05) is 18.7 Å². The van der Waals surface area contributed by atoms with Gasteiger partial charge in [-0.05, 0) is 5.92 Å². The van der Waals surface area contributed by atoms with Crippen molar-refractivity contribution in [1.82, 2.24) is 0 Å².